The molecule has 5 nitrogen and oxygen atoms in total. The zero-order chi connectivity index (χ0) is 19.3. The van der Waals surface area contributed by atoms with E-state index in [1.54, 1.807) is 0 Å². The van der Waals surface area contributed by atoms with Crippen LogP contribution in [-0.4, -0.2) is 36.4 Å². The lowest BCUT2D eigenvalue weighted by molar-refractivity contribution is -0.128. The number of benzene rings is 2. The van der Waals surface area contributed by atoms with E-state index in [1.807, 2.05) is 4.90 Å². The Labute approximate surface area is 167 Å². The average Bonchev–Trinajstić information content (AvgIpc) is 3.33. The van der Waals surface area contributed by atoms with Crippen molar-refractivity contribution < 1.29 is 4.79 Å². The molecule has 0 unspecified atom stereocenters. The summed E-state index contributed by atoms with van der Waals surface area (Å²) < 4.78 is 0. The maximum absolute atomic E-state index is 11.8. The molecular formula is C23H28N4O. The van der Waals surface area contributed by atoms with Crippen LogP contribution in [0.15, 0.2) is 53.5 Å². The van der Waals surface area contributed by atoms with E-state index in [0.717, 1.165) is 45.0 Å². The predicted octanol–water partition coefficient (Wildman–Crippen LogP) is 3.34. The van der Waals surface area contributed by atoms with Crippen LogP contribution in [0.25, 0.3) is 0 Å². The first-order chi connectivity index (χ1) is 13.7. The van der Waals surface area contributed by atoms with Gasteiger partial charge in [0.2, 0.25) is 5.91 Å². The Morgan fingerprint density at radius 1 is 1.04 bits per heavy atom. The molecule has 0 saturated carbocycles. The topological polar surface area (TPSA) is 47.9 Å². The number of fused-ring (bicyclic) bond motifs is 1. The Bertz CT molecular complexity index is 859. The molecule has 0 aliphatic carbocycles. The molecule has 0 spiro atoms. The number of carbonyl (C=O) groups excluding carboxylic acids is 1. The molecule has 0 radical (unpaired) electrons. The minimum atomic E-state index is 0.273. The van der Waals surface area contributed by atoms with Crippen LogP contribution in [0.2, 0.25) is 0 Å². The summed E-state index contributed by atoms with van der Waals surface area (Å²) in [6.07, 6.45) is 2.74. The largest absolute Gasteiger partial charge is 0.356 e. The lowest BCUT2D eigenvalue weighted by Crippen LogP contribution is -2.40. The SMILES string of the molecule is CCNC(=NCc1ccc(CN2CCCC2=O)cc1)N1CCc2ccccc21. The fourth-order valence-electron chi connectivity index (χ4n) is 3.96. The number of amides is 1. The molecule has 1 saturated heterocycles. The van der Waals surface area contributed by atoms with Crippen LogP contribution in [0.3, 0.4) is 0 Å². The van der Waals surface area contributed by atoms with Gasteiger partial charge in [0.05, 0.1) is 6.54 Å². The Morgan fingerprint density at radius 2 is 1.82 bits per heavy atom. The highest BCUT2D eigenvalue weighted by Gasteiger charge is 2.22. The summed E-state index contributed by atoms with van der Waals surface area (Å²) in [6, 6.07) is 17.0. The molecule has 146 valence electrons. The van der Waals surface area contributed by atoms with Crippen molar-refractivity contribution in [3.63, 3.8) is 0 Å². The maximum Gasteiger partial charge on any atom is 0.222 e. The number of hydrogen-bond donors (Lipinski definition) is 1. The number of guanidine groups is 1. The highest BCUT2D eigenvalue weighted by Crippen LogP contribution is 2.27. The molecule has 2 heterocycles. The van der Waals surface area contributed by atoms with Gasteiger partial charge in [-0.15, -0.1) is 0 Å². The van der Waals surface area contributed by atoms with E-state index in [1.165, 1.54) is 22.4 Å². The molecule has 2 aliphatic heterocycles. The summed E-state index contributed by atoms with van der Waals surface area (Å²) in [5, 5.41) is 3.43. The zero-order valence-corrected chi connectivity index (χ0v) is 16.5. The minimum Gasteiger partial charge on any atom is -0.356 e. The first-order valence-corrected chi connectivity index (χ1v) is 10.2. The molecule has 4 rings (SSSR count). The molecule has 28 heavy (non-hydrogen) atoms. The lowest BCUT2D eigenvalue weighted by atomic mass is 10.1. The molecule has 1 fully saturated rings. The monoisotopic (exact) mass is 376 g/mol. The van der Waals surface area contributed by atoms with Crippen molar-refractivity contribution >= 4 is 17.6 Å². The van der Waals surface area contributed by atoms with Crippen LogP contribution in [0.5, 0.6) is 0 Å². The van der Waals surface area contributed by atoms with Crippen LogP contribution in [0.4, 0.5) is 5.69 Å². The van der Waals surface area contributed by atoms with Crippen LogP contribution < -0.4 is 10.2 Å². The van der Waals surface area contributed by atoms with Gasteiger partial charge in [-0.2, -0.15) is 0 Å². The second-order valence-electron chi connectivity index (χ2n) is 7.44. The van der Waals surface area contributed by atoms with Gasteiger partial charge in [0, 0.05) is 38.3 Å². The van der Waals surface area contributed by atoms with Crippen molar-refractivity contribution in [1.29, 1.82) is 0 Å². The van der Waals surface area contributed by atoms with Gasteiger partial charge < -0.3 is 15.1 Å². The molecule has 2 aromatic rings. The molecule has 0 aromatic heterocycles. The summed E-state index contributed by atoms with van der Waals surface area (Å²) >= 11 is 0. The maximum atomic E-state index is 11.8. The highest BCUT2D eigenvalue weighted by molar-refractivity contribution is 5.97. The number of likely N-dealkylation sites (tertiary alicyclic amines) is 1. The molecule has 2 aromatic carbocycles. The number of nitrogens with one attached hydrogen (secondary N) is 1. The summed E-state index contributed by atoms with van der Waals surface area (Å²) in [5.74, 6) is 1.22. The first kappa shape index (κ1) is 18.5. The highest BCUT2D eigenvalue weighted by atomic mass is 16.2. The van der Waals surface area contributed by atoms with Crippen molar-refractivity contribution in [2.24, 2.45) is 4.99 Å². The van der Waals surface area contributed by atoms with Crippen LogP contribution >= 0.6 is 0 Å². The Balaban J connectivity index is 1.43. The second-order valence-corrected chi connectivity index (χ2v) is 7.44. The number of hydrogen-bond acceptors (Lipinski definition) is 2. The van der Waals surface area contributed by atoms with Gasteiger partial charge in [-0.05, 0) is 42.5 Å². The van der Waals surface area contributed by atoms with E-state index in [9.17, 15) is 4.79 Å². The normalized spacial score (nSPS) is 16.6. The van der Waals surface area contributed by atoms with Crippen LogP contribution in [0.1, 0.15) is 36.5 Å². The van der Waals surface area contributed by atoms with E-state index in [4.69, 9.17) is 4.99 Å². The lowest BCUT2D eigenvalue weighted by Gasteiger charge is -2.22. The number of nitrogens with zero attached hydrogens (tertiary/aromatic N) is 3. The van der Waals surface area contributed by atoms with Gasteiger partial charge >= 0.3 is 0 Å². The summed E-state index contributed by atoms with van der Waals surface area (Å²) in [5.41, 5.74) is 5.00. The molecular weight excluding hydrogens is 348 g/mol. The van der Waals surface area contributed by atoms with E-state index >= 15 is 0 Å². The van der Waals surface area contributed by atoms with Gasteiger partial charge in [0.15, 0.2) is 5.96 Å². The van der Waals surface area contributed by atoms with Crippen molar-refractivity contribution in [2.75, 3.05) is 24.5 Å². The number of anilines is 1. The van der Waals surface area contributed by atoms with Gasteiger partial charge in [-0.25, -0.2) is 4.99 Å². The number of aliphatic imine (C=N–C) groups is 1. The van der Waals surface area contributed by atoms with E-state index in [0.29, 0.717) is 13.0 Å². The van der Waals surface area contributed by atoms with Crippen LogP contribution in [-0.2, 0) is 24.3 Å². The quantitative estimate of drug-likeness (QED) is 0.643. The zero-order valence-electron chi connectivity index (χ0n) is 16.5. The smallest absolute Gasteiger partial charge is 0.222 e. The van der Waals surface area contributed by atoms with E-state index in [2.05, 4.69) is 65.7 Å². The predicted molar refractivity (Wildman–Crippen MR) is 113 cm³/mol. The molecule has 0 bridgehead atoms. The molecule has 0 atom stereocenters. The van der Waals surface area contributed by atoms with Crippen molar-refractivity contribution in [3.8, 4) is 0 Å². The standard InChI is InChI=1S/C23H28N4O/c1-2-24-23(27-15-13-20-6-3-4-7-21(20)27)25-16-18-9-11-19(12-10-18)17-26-14-5-8-22(26)28/h3-4,6-7,9-12H,2,5,8,13-17H2,1H3,(H,24,25). The number of rotatable bonds is 5. The van der Waals surface area contributed by atoms with Crippen LogP contribution in [0, 0.1) is 0 Å². The Kier molecular flexibility index (Phi) is 5.60. The van der Waals surface area contributed by atoms with Crippen molar-refractivity contribution in [1.82, 2.24) is 10.2 Å². The van der Waals surface area contributed by atoms with Gasteiger partial charge in [-0.1, -0.05) is 42.5 Å². The van der Waals surface area contributed by atoms with Gasteiger partial charge in [0.1, 0.15) is 0 Å². The number of para-hydroxylation sites is 1. The second kappa shape index (κ2) is 8.46. The third-order valence-electron chi connectivity index (χ3n) is 5.46. The van der Waals surface area contributed by atoms with Crippen molar-refractivity contribution in [3.05, 3.63) is 65.2 Å². The molecule has 1 N–H and O–H groups in total. The molecule has 5 heteroatoms. The van der Waals surface area contributed by atoms with E-state index < -0.39 is 0 Å². The summed E-state index contributed by atoms with van der Waals surface area (Å²) in [6.45, 7) is 6.16. The fraction of sp³-hybridized carbons (Fsp3) is 0.391. The number of carbonyl (C=O) groups is 1. The Hall–Kier alpha value is -2.82. The molecule has 2 aliphatic rings. The van der Waals surface area contributed by atoms with E-state index in [-0.39, 0.29) is 5.91 Å². The summed E-state index contributed by atoms with van der Waals surface area (Å²) in [4.78, 5) is 20.9. The third-order valence-corrected chi connectivity index (χ3v) is 5.46. The van der Waals surface area contributed by atoms with Crippen molar-refractivity contribution in [2.45, 2.75) is 39.3 Å². The van der Waals surface area contributed by atoms with Gasteiger partial charge in [0.25, 0.3) is 0 Å². The minimum absolute atomic E-state index is 0.273. The fourth-order valence-corrected chi connectivity index (χ4v) is 3.96. The third kappa shape index (κ3) is 4.03. The first-order valence-electron chi connectivity index (χ1n) is 10.2. The van der Waals surface area contributed by atoms with Gasteiger partial charge in [-0.3, -0.25) is 4.79 Å². The average molecular weight is 377 g/mol. The summed E-state index contributed by atoms with van der Waals surface area (Å²) in [7, 11) is 0. The Morgan fingerprint density at radius 3 is 2.57 bits per heavy atom. The molecule has 1 amide bonds.